The smallest absolute Gasteiger partial charge is 0.244 e. The quantitative estimate of drug-likeness (QED) is 0.765. The highest BCUT2D eigenvalue weighted by molar-refractivity contribution is 5.86. The Hall–Kier alpha value is -1.84. The predicted molar refractivity (Wildman–Crippen MR) is 62.6 cm³/mol. The molecule has 0 aliphatic heterocycles. The van der Waals surface area contributed by atoms with Crippen molar-refractivity contribution in [1.29, 1.82) is 0 Å². The third-order valence-corrected chi connectivity index (χ3v) is 2.13. The van der Waals surface area contributed by atoms with Crippen LogP contribution in [-0.2, 0) is 4.79 Å². The summed E-state index contributed by atoms with van der Waals surface area (Å²) in [5.74, 6) is -0.887. The average Bonchev–Trinajstić information content (AvgIpc) is 2.11. The lowest BCUT2D eigenvalue weighted by Crippen LogP contribution is -2.36. The van der Waals surface area contributed by atoms with Crippen molar-refractivity contribution in [2.24, 2.45) is 5.73 Å². The van der Waals surface area contributed by atoms with Gasteiger partial charge in [0.25, 0.3) is 0 Å². The lowest BCUT2D eigenvalue weighted by molar-refractivity contribution is -0.118. The van der Waals surface area contributed by atoms with Crippen molar-refractivity contribution in [3.05, 3.63) is 41.7 Å². The third-order valence-electron chi connectivity index (χ3n) is 2.13. The Bertz CT molecular complexity index is 395. The minimum atomic E-state index is -0.679. The number of hydrogen-bond donors (Lipinski definition) is 2. The van der Waals surface area contributed by atoms with Crippen LogP contribution < -0.4 is 11.1 Å². The molecule has 1 aromatic rings. The molecule has 1 amide bonds. The van der Waals surface area contributed by atoms with E-state index in [1.54, 1.807) is 19.9 Å². The number of halogens is 1. The van der Waals surface area contributed by atoms with Crippen LogP contribution in [-0.4, -0.2) is 11.9 Å². The van der Waals surface area contributed by atoms with Crippen LogP contribution >= 0.6 is 0 Å². The van der Waals surface area contributed by atoms with Crippen LogP contribution in [0.5, 0.6) is 0 Å². The van der Waals surface area contributed by atoms with Crippen molar-refractivity contribution in [1.82, 2.24) is 0 Å². The number of anilines is 1. The number of aryl methyl sites for hydroxylation is 1. The van der Waals surface area contributed by atoms with Crippen LogP contribution in [0, 0.1) is 12.7 Å². The number of rotatable bonds is 4. The molecule has 1 unspecified atom stereocenters. The lowest BCUT2D eigenvalue weighted by atomic mass is 10.1. The molecule has 0 aliphatic rings. The second kappa shape index (κ2) is 4.79. The lowest BCUT2D eigenvalue weighted by Gasteiger charge is -2.17. The largest absolute Gasteiger partial charge is 0.370 e. The van der Waals surface area contributed by atoms with Gasteiger partial charge in [0.2, 0.25) is 5.91 Å². The maximum absolute atomic E-state index is 13.1. The molecule has 3 N–H and O–H groups in total. The molecule has 0 heterocycles. The van der Waals surface area contributed by atoms with Gasteiger partial charge >= 0.3 is 0 Å². The maximum atomic E-state index is 13.1. The van der Waals surface area contributed by atoms with Gasteiger partial charge in [-0.25, -0.2) is 4.39 Å². The number of nitrogens with two attached hydrogens (primary N) is 1. The first kappa shape index (κ1) is 12.2. The van der Waals surface area contributed by atoms with Gasteiger partial charge < -0.3 is 11.1 Å². The van der Waals surface area contributed by atoms with E-state index in [-0.39, 0.29) is 5.82 Å². The van der Waals surface area contributed by atoms with Gasteiger partial charge in [0.05, 0.1) is 0 Å². The van der Waals surface area contributed by atoms with Gasteiger partial charge in [-0.15, -0.1) is 0 Å². The molecule has 1 aromatic carbocycles. The topological polar surface area (TPSA) is 55.1 Å². The Kier molecular flexibility index (Phi) is 3.66. The molecule has 1 atom stereocenters. The van der Waals surface area contributed by atoms with E-state index in [4.69, 9.17) is 5.73 Å². The fourth-order valence-corrected chi connectivity index (χ4v) is 1.42. The van der Waals surface area contributed by atoms with Crippen LogP contribution in [0.1, 0.15) is 12.5 Å². The first-order valence-electron chi connectivity index (χ1n) is 4.88. The van der Waals surface area contributed by atoms with Gasteiger partial charge in [0.15, 0.2) is 0 Å². The molecule has 0 spiro atoms. The molecule has 4 heteroatoms. The zero-order chi connectivity index (χ0) is 12.3. The first-order valence-corrected chi connectivity index (χ1v) is 4.88. The van der Waals surface area contributed by atoms with Crippen LogP contribution in [0.2, 0.25) is 0 Å². The SMILES string of the molecule is C=C(C)C(Nc1cc(C)cc(F)c1)C(N)=O. The fourth-order valence-electron chi connectivity index (χ4n) is 1.42. The van der Waals surface area contributed by atoms with E-state index >= 15 is 0 Å². The van der Waals surface area contributed by atoms with Crippen LogP contribution in [0.15, 0.2) is 30.4 Å². The van der Waals surface area contributed by atoms with Crippen molar-refractivity contribution >= 4 is 11.6 Å². The zero-order valence-electron chi connectivity index (χ0n) is 9.38. The molecular weight excluding hydrogens is 207 g/mol. The predicted octanol–water partition coefficient (Wildman–Crippen LogP) is 1.98. The standard InChI is InChI=1S/C12H15FN2O/c1-7(2)11(12(14)16)15-10-5-8(3)4-9(13)6-10/h4-6,11,15H,1H2,2-3H3,(H2,14,16). The number of amides is 1. The van der Waals surface area contributed by atoms with Crippen molar-refractivity contribution < 1.29 is 9.18 Å². The molecule has 0 aromatic heterocycles. The Morgan fingerprint density at radius 1 is 1.50 bits per heavy atom. The van der Waals surface area contributed by atoms with E-state index < -0.39 is 11.9 Å². The molecular formula is C12H15FN2O. The second-order valence-electron chi connectivity index (χ2n) is 3.84. The number of carbonyl (C=O) groups is 1. The summed E-state index contributed by atoms with van der Waals surface area (Å²) in [6.45, 7) is 7.12. The molecule has 0 saturated heterocycles. The molecule has 1 rings (SSSR count). The third kappa shape index (κ3) is 3.08. The van der Waals surface area contributed by atoms with Crippen molar-refractivity contribution in [2.45, 2.75) is 19.9 Å². The fraction of sp³-hybridized carbons (Fsp3) is 0.250. The molecule has 0 aliphatic carbocycles. The summed E-state index contributed by atoms with van der Waals surface area (Å²) >= 11 is 0. The highest BCUT2D eigenvalue weighted by Crippen LogP contribution is 2.16. The molecule has 0 bridgehead atoms. The number of nitrogens with one attached hydrogen (secondary N) is 1. The van der Waals surface area contributed by atoms with Crippen LogP contribution in [0.3, 0.4) is 0 Å². The van der Waals surface area contributed by atoms with Crippen LogP contribution in [0.4, 0.5) is 10.1 Å². The van der Waals surface area contributed by atoms with E-state index in [1.807, 2.05) is 0 Å². The molecule has 86 valence electrons. The van der Waals surface area contributed by atoms with Gasteiger partial charge in [0, 0.05) is 5.69 Å². The summed E-state index contributed by atoms with van der Waals surface area (Å²) < 4.78 is 13.1. The molecule has 3 nitrogen and oxygen atoms in total. The van der Waals surface area contributed by atoms with E-state index in [1.165, 1.54) is 12.1 Å². The molecule has 0 saturated carbocycles. The summed E-state index contributed by atoms with van der Waals surface area (Å²) in [6, 6.07) is 3.78. The first-order chi connectivity index (χ1) is 7.40. The van der Waals surface area contributed by atoms with Gasteiger partial charge in [-0.1, -0.05) is 6.58 Å². The van der Waals surface area contributed by atoms with Gasteiger partial charge in [-0.3, -0.25) is 4.79 Å². The number of benzene rings is 1. The highest BCUT2D eigenvalue weighted by atomic mass is 19.1. The van der Waals surface area contributed by atoms with E-state index in [0.29, 0.717) is 11.3 Å². The number of carbonyl (C=O) groups excluding carboxylic acids is 1. The Balaban J connectivity index is 2.93. The summed E-state index contributed by atoms with van der Waals surface area (Å²) in [4.78, 5) is 11.1. The summed E-state index contributed by atoms with van der Waals surface area (Å²) in [5.41, 5.74) is 7.09. The second-order valence-corrected chi connectivity index (χ2v) is 3.84. The minimum absolute atomic E-state index is 0.354. The molecule has 16 heavy (non-hydrogen) atoms. The van der Waals surface area contributed by atoms with Crippen molar-refractivity contribution in [3.8, 4) is 0 Å². The van der Waals surface area contributed by atoms with E-state index in [2.05, 4.69) is 11.9 Å². The normalized spacial score (nSPS) is 11.9. The Morgan fingerprint density at radius 3 is 2.56 bits per heavy atom. The number of primary amides is 1. The average molecular weight is 222 g/mol. The van der Waals surface area contributed by atoms with E-state index in [9.17, 15) is 9.18 Å². The Morgan fingerprint density at radius 2 is 2.12 bits per heavy atom. The highest BCUT2D eigenvalue weighted by Gasteiger charge is 2.15. The van der Waals surface area contributed by atoms with Crippen molar-refractivity contribution in [2.75, 3.05) is 5.32 Å². The Labute approximate surface area is 94.1 Å². The monoisotopic (exact) mass is 222 g/mol. The van der Waals surface area contributed by atoms with E-state index in [0.717, 1.165) is 5.56 Å². The van der Waals surface area contributed by atoms with Crippen LogP contribution in [0.25, 0.3) is 0 Å². The van der Waals surface area contributed by atoms with Gasteiger partial charge in [-0.05, 0) is 43.2 Å². The number of hydrogen-bond acceptors (Lipinski definition) is 2. The summed E-state index contributed by atoms with van der Waals surface area (Å²) in [5, 5.41) is 2.85. The van der Waals surface area contributed by atoms with Crippen molar-refractivity contribution in [3.63, 3.8) is 0 Å². The summed E-state index contributed by atoms with van der Waals surface area (Å²) in [7, 11) is 0. The van der Waals surface area contributed by atoms with Gasteiger partial charge in [0.1, 0.15) is 11.9 Å². The molecule has 0 radical (unpaired) electrons. The maximum Gasteiger partial charge on any atom is 0.244 e. The zero-order valence-corrected chi connectivity index (χ0v) is 9.38. The minimum Gasteiger partial charge on any atom is -0.370 e. The molecule has 0 fully saturated rings. The summed E-state index contributed by atoms with van der Waals surface area (Å²) in [6.07, 6.45) is 0. The van der Waals surface area contributed by atoms with Gasteiger partial charge in [-0.2, -0.15) is 0 Å².